The zero-order valence-electron chi connectivity index (χ0n) is 30.3. The summed E-state index contributed by atoms with van der Waals surface area (Å²) in [7, 11) is 0. The predicted molar refractivity (Wildman–Crippen MR) is 249 cm³/mol. The first-order valence-corrected chi connectivity index (χ1v) is 23.1. The first-order valence-electron chi connectivity index (χ1n) is 16.1. The molecule has 0 fully saturated rings. The predicted octanol–water partition coefficient (Wildman–Crippen LogP) is 15.1. The summed E-state index contributed by atoms with van der Waals surface area (Å²) >= 11 is 28.3. The summed E-state index contributed by atoms with van der Waals surface area (Å²) in [5, 5.41) is 43.3. The molecule has 304 valence electrons. The Morgan fingerprint density at radius 3 is 1.44 bits per heavy atom. The Morgan fingerprint density at radius 1 is 0.542 bits per heavy atom. The van der Waals surface area contributed by atoms with E-state index < -0.39 is 11.7 Å². The number of rotatable bonds is 10. The number of benzene rings is 5. The highest BCUT2D eigenvalue weighted by Gasteiger charge is 2.30. The molecule has 0 aromatic heterocycles. The van der Waals surface area contributed by atoms with Gasteiger partial charge in [-0.3, -0.25) is 0 Å². The summed E-state index contributed by atoms with van der Waals surface area (Å²) in [4.78, 5) is 3.55. The van der Waals surface area contributed by atoms with Gasteiger partial charge in [-0.1, -0.05) is 68.9 Å². The van der Waals surface area contributed by atoms with Crippen LogP contribution in [0.15, 0.2) is 139 Å². The third-order valence-electron chi connectivity index (χ3n) is 5.92. The number of alkyl halides is 3. The molecule has 0 heterocycles. The van der Waals surface area contributed by atoms with Crippen LogP contribution in [0.25, 0.3) is 0 Å². The molecule has 6 nitrogen and oxygen atoms in total. The molecular weight excluding hydrogens is 1080 g/mol. The summed E-state index contributed by atoms with van der Waals surface area (Å²) in [5.41, 5.74) is -0.680. The smallest absolute Gasteiger partial charge is 0.416 e. The van der Waals surface area contributed by atoms with Gasteiger partial charge in [0, 0.05) is 42.7 Å². The van der Waals surface area contributed by atoms with E-state index in [1.165, 1.54) is 29.6 Å². The van der Waals surface area contributed by atoms with Crippen LogP contribution in [0.5, 0.6) is 5.75 Å². The van der Waals surface area contributed by atoms with E-state index in [0.717, 1.165) is 52.4 Å². The van der Waals surface area contributed by atoms with Crippen molar-refractivity contribution in [2.24, 2.45) is 0 Å². The summed E-state index contributed by atoms with van der Waals surface area (Å²) in [6.45, 7) is 0.112. The molecule has 0 unspecified atom stereocenters. The maximum Gasteiger partial charge on any atom is 0.416 e. The number of ether oxygens (including phenoxy) is 1. The topological polar surface area (TPSA) is 128 Å². The number of hydrogen-bond acceptors (Lipinski definition) is 10. The molecule has 5 rings (SSSR count). The van der Waals surface area contributed by atoms with E-state index >= 15 is 0 Å². The fraction of sp³-hybridized carbons (Fsp3) is 0.146. The number of halogens is 8. The van der Waals surface area contributed by atoms with E-state index in [0.29, 0.717) is 37.2 Å². The van der Waals surface area contributed by atoms with E-state index in [-0.39, 0.29) is 12.4 Å². The van der Waals surface area contributed by atoms with Gasteiger partial charge < -0.3 is 4.74 Å². The molecule has 0 N–H and O–H groups in total. The molecule has 0 amide bonds. The van der Waals surface area contributed by atoms with Gasteiger partial charge in [0.2, 0.25) is 0 Å². The molecule has 0 bridgehead atoms. The Balaban J connectivity index is 0.000000370. The third kappa shape index (κ3) is 27.2. The van der Waals surface area contributed by atoms with Crippen LogP contribution in [-0.4, -0.2) is 29.6 Å². The molecule has 0 saturated carbocycles. The molecule has 0 aliphatic rings. The molecular formula is C41H29BrCl3F3IN5OS4. The Kier molecular flexibility index (Phi) is 29.5. The van der Waals surface area contributed by atoms with Gasteiger partial charge >= 0.3 is 6.18 Å². The maximum atomic E-state index is 12.2. The highest BCUT2D eigenvalue weighted by atomic mass is 127. The van der Waals surface area contributed by atoms with Crippen LogP contribution >= 0.6 is 120 Å². The van der Waals surface area contributed by atoms with Gasteiger partial charge in [0.25, 0.3) is 0 Å². The molecule has 0 aliphatic heterocycles. The van der Waals surface area contributed by atoms with E-state index in [4.69, 9.17) is 65.8 Å². The fourth-order valence-corrected chi connectivity index (χ4v) is 7.92. The first kappa shape index (κ1) is 53.6. The number of nitriles is 5. The first-order chi connectivity index (χ1) is 28.2. The summed E-state index contributed by atoms with van der Waals surface area (Å²) < 4.78 is 43.9. The van der Waals surface area contributed by atoms with Crippen molar-refractivity contribution in [3.05, 3.63) is 144 Å². The van der Waals surface area contributed by atoms with Crippen LogP contribution in [0.2, 0.25) is 15.1 Å². The van der Waals surface area contributed by atoms with Crippen molar-refractivity contribution >= 4 is 120 Å². The zero-order valence-corrected chi connectivity index (χ0v) is 39.6. The quantitative estimate of drug-likeness (QED) is 0.0985. The van der Waals surface area contributed by atoms with Crippen molar-refractivity contribution in [3.63, 3.8) is 0 Å². The van der Waals surface area contributed by atoms with Crippen molar-refractivity contribution < 1.29 is 17.9 Å². The molecule has 0 saturated heterocycles. The van der Waals surface area contributed by atoms with E-state index in [1.807, 2.05) is 91.0 Å². The van der Waals surface area contributed by atoms with Crippen LogP contribution in [-0.2, 0) is 6.18 Å². The van der Waals surface area contributed by atoms with Gasteiger partial charge in [-0.25, -0.2) is 0 Å². The standard InChI is InChI=1S/C9H6F3NS.C8H6BrNS.C8H5Cl2NS.C8H6ClNS.C8H6INO/c10-9(11,12)7-2-1-3-8(6-7)14-5-4-13;9-7-2-1-3-8(6-7)11-5-4-10;9-6-3-7(10)5-8(4-6)12-2-1-11;9-7-2-1-3-8(6-7)11-5-4-10;9-7-1-3-8(4-2-7)11-6-5-10/h1-3,6H,5H2;1-3,6H,5H2;3-5H,2H2;1-3,6H,5H2;1-4H,6H2. The highest BCUT2D eigenvalue weighted by molar-refractivity contribution is 14.1. The van der Waals surface area contributed by atoms with Gasteiger partial charge in [0.1, 0.15) is 11.8 Å². The lowest BCUT2D eigenvalue weighted by Crippen LogP contribution is -2.04. The molecule has 18 heteroatoms. The average molecular weight is 1110 g/mol. The van der Waals surface area contributed by atoms with Crippen LogP contribution in [0.1, 0.15) is 5.56 Å². The second-order valence-corrected chi connectivity index (χ2v) is 17.9. The van der Waals surface area contributed by atoms with Crippen LogP contribution in [0, 0.1) is 60.2 Å². The number of hydrogen-bond donors (Lipinski definition) is 0. The fourth-order valence-electron chi connectivity index (χ4n) is 3.60. The van der Waals surface area contributed by atoms with Gasteiger partial charge in [-0.15, -0.1) is 47.0 Å². The molecule has 59 heavy (non-hydrogen) atoms. The van der Waals surface area contributed by atoms with Gasteiger partial charge in [0.15, 0.2) is 6.61 Å². The van der Waals surface area contributed by atoms with Gasteiger partial charge in [-0.2, -0.15) is 39.5 Å². The second kappa shape index (κ2) is 32.4. The Hall–Kier alpha value is -3.38. The van der Waals surface area contributed by atoms with Crippen molar-refractivity contribution in [2.45, 2.75) is 25.8 Å². The lowest BCUT2D eigenvalue weighted by atomic mass is 10.2. The Labute approximate surface area is 396 Å². The largest absolute Gasteiger partial charge is 0.479 e. The highest BCUT2D eigenvalue weighted by Crippen LogP contribution is 2.32. The summed E-state index contributed by atoms with van der Waals surface area (Å²) in [5.74, 6) is 2.29. The lowest BCUT2D eigenvalue weighted by Gasteiger charge is -2.07. The lowest BCUT2D eigenvalue weighted by molar-refractivity contribution is -0.137. The Morgan fingerprint density at radius 2 is 0.983 bits per heavy atom. The van der Waals surface area contributed by atoms with Crippen molar-refractivity contribution in [1.29, 1.82) is 26.3 Å². The van der Waals surface area contributed by atoms with Crippen molar-refractivity contribution in [2.75, 3.05) is 29.6 Å². The summed E-state index contributed by atoms with van der Waals surface area (Å²) in [6, 6.07) is 43.1. The summed E-state index contributed by atoms with van der Waals surface area (Å²) in [6.07, 6.45) is -4.32. The Bertz CT molecular complexity index is 2170. The average Bonchev–Trinajstić information content (AvgIpc) is 3.21. The van der Waals surface area contributed by atoms with E-state index in [1.54, 1.807) is 36.0 Å². The molecule has 5 aromatic rings. The second-order valence-electron chi connectivity index (χ2n) is 10.2. The van der Waals surface area contributed by atoms with Crippen molar-refractivity contribution in [3.8, 4) is 36.1 Å². The van der Waals surface area contributed by atoms with Crippen LogP contribution < -0.4 is 4.74 Å². The molecule has 5 aromatic carbocycles. The van der Waals surface area contributed by atoms with Crippen LogP contribution in [0.3, 0.4) is 0 Å². The maximum absolute atomic E-state index is 12.2. The normalized spacial score (nSPS) is 9.54. The molecule has 0 aliphatic carbocycles. The third-order valence-corrected chi connectivity index (χ3v) is 11.2. The number of thioether (sulfide) groups is 4. The van der Waals surface area contributed by atoms with E-state index in [2.05, 4.69) is 50.7 Å². The minimum atomic E-state index is -4.32. The molecule has 0 spiro atoms. The molecule has 0 atom stereocenters. The molecule has 0 radical (unpaired) electrons. The monoisotopic (exact) mass is 1100 g/mol. The zero-order chi connectivity index (χ0) is 43.9. The van der Waals surface area contributed by atoms with Gasteiger partial charge in [-0.05, 0) is 120 Å². The minimum Gasteiger partial charge on any atom is -0.479 e. The van der Waals surface area contributed by atoms with E-state index in [9.17, 15) is 13.2 Å². The SMILES string of the molecule is N#CCOc1ccc(I)cc1.N#CCSc1cc(Cl)cc(Cl)c1.N#CCSc1cccc(Br)c1.N#CCSc1cccc(C(F)(F)F)c1.N#CCSc1cccc(Cl)c1. The van der Waals surface area contributed by atoms with Crippen molar-refractivity contribution in [1.82, 2.24) is 0 Å². The number of nitrogens with zero attached hydrogens (tertiary/aromatic N) is 5. The van der Waals surface area contributed by atoms with Gasteiger partial charge in [0.05, 0.1) is 52.9 Å². The minimum absolute atomic E-state index is 0.112. The van der Waals surface area contributed by atoms with Crippen LogP contribution in [0.4, 0.5) is 13.2 Å².